The molecule has 0 radical (unpaired) electrons. The first-order valence-corrected chi connectivity index (χ1v) is 7.43. The van der Waals surface area contributed by atoms with Crippen LogP contribution in [0.3, 0.4) is 0 Å². The summed E-state index contributed by atoms with van der Waals surface area (Å²) in [7, 11) is 0. The average molecular weight is 279 g/mol. The lowest BCUT2D eigenvalue weighted by atomic mass is 10.1. The molecule has 1 aromatic heterocycles. The third-order valence-electron chi connectivity index (χ3n) is 3.59. The third kappa shape index (κ3) is 3.90. The molecular formula is C15H25N3O2. The number of aryl methyl sites for hydroxylation is 1. The quantitative estimate of drug-likeness (QED) is 0.892. The number of piperidine rings is 1. The van der Waals surface area contributed by atoms with Crippen LogP contribution in [-0.2, 0) is 4.74 Å². The second-order valence-electron chi connectivity index (χ2n) is 5.66. The number of aliphatic hydroxyl groups excluding tert-OH is 1. The molecule has 1 fully saturated rings. The molecule has 1 saturated heterocycles. The van der Waals surface area contributed by atoms with Crippen LogP contribution in [0.1, 0.15) is 44.1 Å². The molecule has 0 spiro atoms. The van der Waals surface area contributed by atoms with Crippen molar-refractivity contribution in [1.29, 1.82) is 0 Å². The van der Waals surface area contributed by atoms with Crippen molar-refractivity contribution in [3.05, 3.63) is 17.6 Å². The number of nitrogens with zero attached hydrogens (tertiary/aromatic N) is 3. The van der Waals surface area contributed by atoms with Crippen molar-refractivity contribution in [2.75, 3.05) is 31.2 Å². The van der Waals surface area contributed by atoms with Crippen molar-refractivity contribution < 1.29 is 9.84 Å². The van der Waals surface area contributed by atoms with Gasteiger partial charge in [-0.3, -0.25) is 0 Å². The molecule has 1 aliphatic rings. The Morgan fingerprint density at radius 2 is 2.05 bits per heavy atom. The molecule has 0 bridgehead atoms. The topological polar surface area (TPSA) is 58.5 Å². The number of aromatic nitrogens is 2. The van der Waals surface area contributed by atoms with E-state index in [0.717, 1.165) is 43.3 Å². The van der Waals surface area contributed by atoms with Gasteiger partial charge < -0.3 is 14.7 Å². The van der Waals surface area contributed by atoms with Crippen molar-refractivity contribution >= 4 is 5.82 Å². The van der Waals surface area contributed by atoms with E-state index in [9.17, 15) is 0 Å². The predicted molar refractivity (Wildman–Crippen MR) is 79.1 cm³/mol. The lowest BCUT2D eigenvalue weighted by Gasteiger charge is -2.33. The van der Waals surface area contributed by atoms with Crippen molar-refractivity contribution in [3.8, 4) is 0 Å². The lowest BCUT2D eigenvalue weighted by molar-refractivity contribution is 0.0158. The summed E-state index contributed by atoms with van der Waals surface area (Å²) in [6.07, 6.45) is 2.24. The molecule has 0 atom stereocenters. The highest BCUT2D eigenvalue weighted by atomic mass is 16.5. The Balaban J connectivity index is 1.99. The Labute approximate surface area is 121 Å². The normalized spacial score (nSPS) is 16.9. The van der Waals surface area contributed by atoms with Crippen LogP contribution in [0.5, 0.6) is 0 Å². The number of aliphatic hydroxyl groups is 1. The van der Waals surface area contributed by atoms with Crippen molar-refractivity contribution in [3.63, 3.8) is 0 Å². The van der Waals surface area contributed by atoms with E-state index in [1.807, 2.05) is 6.92 Å². The Bertz CT molecular complexity index is 429. The number of rotatable bonds is 5. The minimum absolute atomic E-state index is 0.100. The van der Waals surface area contributed by atoms with E-state index < -0.39 is 0 Å². The van der Waals surface area contributed by atoms with E-state index in [1.165, 1.54) is 0 Å². The molecule has 5 heteroatoms. The number of hydrogen-bond donors (Lipinski definition) is 1. The zero-order valence-electron chi connectivity index (χ0n) is 12.7. The Kier molecular flexibility index (Phi) is 5.31. The fourth-order valence-electron chi connectivity index (χ4n) is 2.47. The number of hydrogen-bond acceptors (Lipinski definition) is 5. The number of ether oxygens (including phenoxy) is 1. The summed E-state index contributed by atoms with van der Waals surface area (Å²) in [6.45, 7) is 8.70. The summed E-state index contributed by atoms with van der Waals surface area (Å²) < 4.78 is 5.59. The van der Waals surface area contributed by atoms with Crippen LogP contribution in [0.15, 0.2) is 6.07 Å². The summed E-state index contributed by atoms with van der Waals surface area (Å²) in [5, 5.41) is 8.79. The monoisotopic (exact) mass is 279 g/mol. The molecule has 0 aliphatic carbocycles. The van der Waals surface area contributed by atoms with E-state index >= 15 is 0 Å². The molecule has 5 nitrogen and oxygen atoms in total. The lowest BCUT2D eigenvalue weighted by Crippen LogP contribution is -2.38. The molecule has 2 rings (SSSR count). The molecule has 0 unspecified atom stereocenters. The van der Waals surface area contributed by atoms with Gasteiger partial charge in [0, 0.05) is 30.8 Å². The minimum Gasteiger partial charge on any atom is -0.394 e. The van der Waals surface area contributed by atoms with E-state index in [2.05, 4.69) is 34.8 Å². The van der Waals surface area contributed by atoms with Gasteiger partial charge in [-0.2, -0.15) is 0 Å². The van der Waals surface area contributed by atoms with Gasteiger partial charge in [0.25, 0.3) is 0 Å². The highest BCUT2D eigenvalue weighted by Crippen LogP contribution is 2.22. The second-order valence-corrected chi connectivity index (χ2v) is 5.66. The van der Waals surface area contributed by atoms with Gasteiger partial charge in [0.1, 0.15) is 11.6 Å². The van der Waals surface area contributed by atoms with Crippen LogP contribution in [0.25, 0.3) is 0 Å². The van der Waals surface area contributed by atoms with Gasteiger partial charge in [-0.25, -0.2) is 9.97 Å². The van der Waals surface area contributed by atoms with Crippen molar-refractivity contribution in [2.45, 2.75) is 45.6 Å². The molecule has 1 aliphatic heterocycles. The van der Waals surface area contributed by atoms with Crippen molar-refractivity contribution in [1.82, 2.24) is 9.97 Å². The van der Waals surface area contributed by atoms with E-state index in [0.29, 0.717) is 12.5 Å². The Morgan fingerprint density at radius 3 is 2.65 bits per heavy atom. The maximum absolute atomic E-state index is 8.79. The van der Waals surface area contributed by atoms with Crippen LogP contribution >= 0.6 is 0 Å². The average Bonchev–Trinajstić information content (AvgIpc) is 2.45. The summed E-state index contributed by atoms with van der Waals surface area (Å²) in [5.41, 5.74) is 1.03. The van der Waals surface area contributed by atoms with Gasteiger partial charge in [0.05, 0.1) is 19.3 Å². The summed E-state index contributed by atoms with van der Waals surface area (Å²) in [5.74, 6) is 2.29. The zero-order valence-corrected chi connectivity index (χ0v) is 12.7. The van der Waals surface area contributed by atoms with E-state index in [4.69, 9.17) is 9.84 Å². The summed E-state index contributed by atoms with van der Waals surface area (Å²) in [4.78, 5) is 11.5. The summed E-state index contributed by atoms with van der Waals surface area (Å²) >= 11 is 0. The SMILES string of the molecule is Cc1cc(N2CCC(OCCO)CC2)nc(C(C)C)n1. The fourth-order valence-corrected chi connectivity index (χ4v) is 2.47. The molecule has 1 aromatic rings. The maximum Gasteiger partial charge on any atom is 0.133 e. The van der Waals surface area contributed by atoms with Gasteiger partial charge in [-0.05, 0) is 19.8 Å². The second kappa shape index (κ2) is 6.99. The van der Waals surface area contributed by atoms with Gasteiger partial charge >= 0.3 is 0 Å². The fraction of sp³-hybridized carbons (Fsp3) is 0.733. The predicted octanol–water partition coefficient (Wildman–Crippen LogP) is 1.89. The minimum atomic E-state index is 0.100. The molecule has 0 saturated carbocycles. The first kappa shape index (κ1) is 15.2. The van der Waals surface area contributed by atoms with Gasteiger partial charge in [0.2, 0.25) is 0 Å². The Morgan fingerprint density at radius 1 is 1.35 bits per heavy atom. The molecule has 0 amide bonds. The van der Waals surface area contributed by atoms with Crippen LogP contribution < -0.4 is 4.90 Å². The molecule has 2 heterocycles. The van der Waals surface area contributed by atoms with Gasteiger partial charge in [-0.1, -0.05) is 13.8 Å². The molecule has 1 N–H and O–H groups in total. The zero-order chi connectivity index (χ0) is 14.5. The molecule has 112 valence electrons. The van der Waals surface area contributed by atoms with E-state index in [1.54, 1.807) is 0 Å². The van der Waals surface area contributed by atoms with Crippen LogP contribution in [0.2, 0.25) is 0 Å². The largest absolute Gasteiger partial charge is 0.394 e. The third-order valence-corrected chi connectivity index (χ3v) is 3.59. The smallest absolute Gasteiger partial charge is 0.133 e. The van der Waals surface area contributed by atoms with Crippen LogP contribution in [0, 0.1) is 6.92 Å². The van der Waals surface area contributed by atoms with Gasteiger partial charge in [-0.15, -0.1) is 0 Å². The first-order chi connectivity index (χ1) is 9.60. The van der Waals surface area contributed by atoms with Gasteiger partial charge in [0.15, 0.2) is 0 Å². The molecule has 20 heavy (non-hydrogen) atoms. The summed E-state index contributed by atoms with van der Waals surface area (Å²) in [6, 6.07) is 2.06. The maximum atomic E-state index is 8.79. The molecular weight excluding hydrogens is 254 g/mol. The van der Waals surface area contributed by atoms with Crippen LogP contribution in [-0.4, -0.2) is 47.5 Å². The highest BCUT2D eigenvalue weighted by molar-refractivity contribution is 5.40. The molecule has 0 aromatic carbocycles. The first-order valence-electron chi connectivity index (χ1n) is 7.43. The van der Waals surface area contributed by atoms with Crippen LogP contribution in [0.4, 0.5) is 5.82 Å². The Hall–Kier alpha value is -1.20. The van der Waals surface area contributed by atoms with Crippen molar-refractivity contribution in [2.24, 2.45) is 0 Å². The standard InChI is InChI=1S/C15H25N3O2/c1-11(2)15-16-12(3)10-14(17-15)18-6-4-13(5-7-18)20-9-8-19/h10-11,13,19H,4-9H2,1-3H3. The highest BCUT2D eigenvalue weighted by Gasteiger charge is 2.21. The number of anilines is 1. The van der Waals surface area contributed by atoms with E-state index in [-0.39, 0.29) is 12.7 Å².